The van der Waals surface area contributed by atoms with Crippen molar-refractivity contribution in [1.29, 1.82) is 0 Å². The summed E-state index contributed by atoms with van der Waals surface area (Å²) in [5.41, 5.74) is 5.91. The van der Waals surface area contributed by atoms with Crippen molar-refractivity contribution in [1.82, 2.24) is 26.7 Å². The molecule has 5 N–H and O–H groups in total. The number of esters is 1. The normalized spacial score (nSPS) is 12.6. The highest BCUT2D eigenvalue weighted by Gasteiger charge is 2.31. The van der Waals surface area contributed by atoms with Crippen molar-refractivity contribution >= 4 is 29.8 Å². The van der Waals surface area contributed by atoms with Crippen molar-refractivity contribution in [2.24, 2.45) is 0 Å². The van der Waals surface area contributed by atoms with E-state index >= 15 is 0 Å². The molecule has 0 spiro atoms. The van der Waals surface area contributed by atoms with E-state index in [1.165, 1.54) is 0 Å². The molecule has 1 unspecified atom stereocenters. The molecule has 0 aliphatic heterocycles. The molecule has 0 saturated carbocycles. The van der Waals surface area contributed by atoms with Gasteiger partial charge in [-0.3, -0.25) is 19.2 Å². The van der Waals surface area contributed by atoms with Crippen molar-refractivity contribution in [2.75, 3.05) is 66.3 Å². The smallest absolute Gasteiger partial charge is 0.407 e. The van der Waals surface area contributed by atoms with Gasteiger partial charge in [0, 0.05) is 39.0 Å². The summed E-state index contributed by atoms with van der Waals surface area (Å²) in [6.45, 7) is 6.21. The lowest BCUT2D eigenvalue weighted by Crippen LogP contribution is -2.45. The van der Waals surface area contributed by atoms with Crippen LogP contribution in [-0.2, 0) is 43.0 Å². The summed E-state index contributed by atoms with van der Waals surface area (Å²) >= 11 is 0. The zero-order chi connectivity index (χ0) is 36.4. The molecule has 0 radical (unpaired) electrons. The maximum atomic E-state index is 12.9. The number of amides is 4. The van der Waals surface area contributed by atoms with E-state index < -0.39 is 23.7 Å². The lowest BCUT2D eigenvalue weighted by atomic mass is 9.98. The first-order chi connectivity index (χ1) is 24.0. The molecule has 0 heterocycles. The van der Waals surface area contributed by atoms with Gasteiger partial charge in [-0.05, 0) is 49.4 Å². The Morgan fingerprint density at radius 2 is 1.32 bits per heavy atom. The van der Waals surface area contributed by atoms with E-state index in [9.17, 15) is 24.0 Å². The molecule has 15 nitrogen and oxygen atoms in total. The fourth-order valence-electron chi connectivity index (χ4n) is 5.06. The zero-order valence-corrected chi connectivity index (χ0v) is 29.1. The van der Waals surface area contributed by atoms with Crippen molar-refractivity contribution in [2.45, 2.75) is 51.2 Å². The third-order valence-corrected chi connectivity index (χ3v) is 7.28. The first-order valence-electron chi connectivity index (χ1n) is 16.6. The van der Waals surface area contributed by atoms with Gasteiger partial charge in [-0.15, -0.1) is 0 Å². The molecule has 1 aliphatic rings. The third kappa shape index (κ3) is 14.1. The number of carbonyl (C=O) groups excluding carboxylic acids is 5. The minimum absolute atomic E-state index is 0.00116. The molecule has 0 aromatic heterocycles. The summed E-state index contributed by atoms with van der Waals surface area (Å²) in [6.07, 6.45) is -0.839. The zero-order valence-electron chi connectivity index (χ0n) is 29.1. The number of carbonyl (C=O) groups is 5. The molecule has 15 heteroatoms. The van der Waals surface area contributed by atoms with Gasteiger partial charge >= 0.3 is 12.1 Å². The molecular formula is C35H49N5O10. The topological polar surface area (TPSA) is 192 Å². The largest absolute Gasteiger partial charge is 0.458 e. The van der Waals surface area contributed by atoms with Crippen LogP contribution in [0, 0.1) is 0 Å². The van der Waals surface area contributed by atoms with Gasteiger partial charge in [0.15, 0.2) is 0 Å². The van der Waals surface area contributed by atoms with E-state index in [-0.39, 0.29) is 95.8 Å². The van der Waals surface area contributed by atoms with Crippen LogP contribution in [0.15, 0.2) is 48.5 Å². The second-order valence-electron chi connectivity index (χ2n) is 12.3. The molecule has 1 atom stereocenters. The molecule has 0 saturated heterocycles. The SMILES string of the molecule is CNOCC(=O)NCCNC(=O)COCCOCCNC(=O)CCC(NC(=O)OCC1c2ccccc2-c2ccccc21)C(=O)OC(C)(C)C. The van der Waals surface area contributed by atoms with Crippen LogP contribution in [0.2, 0.25) is 0 Å². The van der Waals surface area contributed by atoms with Crippen LogP contribution in [-0.4, -0.2) is 108 Å². The number of hydroxylamine groups is 1. The minimum atomic E-state index is -1.10. The number of hydrogen-bond acceptors (Lipinski definition) is 11. The van der Waals surface area contributed by atoms with Crippen LogP contribution in [0.4, 0.5) is 4.79 Å². The summed E-state index contributed by atoms with van der Waals surface area (Å²) in [4.78, 5) is 66.3. The van der Waals surface area contributed by atoms with Crippen molar-refractivity contribution in [3.8, 4) is 11.1 Å². The molecular weight excluding hydrogens is 650 g/mol. The fraction of sp³-hybridized carbons (Fsp3) is 0.514. The second-order valence-corrected chi connectivity index (χ2v) is 12.3. The molecule has 2 aromatic carbocycles. The molecule has 274 valence electrons. The number of benzene rings is 2. The van der Waals surface area contributed by atoms with E-state index in [4.69, 9.17) is 23.8 Å². The molecule has 4 amide bonds. The van der Waals surface area contributed by atoms with Crippen molar-refractivity contribution < 1.29 is 47.8 Å². The highest BCUT2D eigenvalue weighted by molar-refractivity contribution is 5.83. The highest BCUT2D eigenvalue weighted by Crippen LogP contribution is 2.44. The molecule has 0 fully saturated rings. The van der Waals surface area contributed by atoms with Crippen LogP contribution >= 0.6 is 0 Å². The summed E-state index contributed by atoms with van der Waals surface area (Å²) in [5.74, 6) is -1.80. The Kier molecular flexibility index (Phi) is 16.6. The molecule has 1 aliphatic carbocycles. The van der Waals surface area contributed by atoms with Gasteiger partial charge in [0.1, 0.15) is 31.5 Å². The van der Waals surface area contributed by atoms with Gasteiger partial charge in [0.25, 0.3) is 0 Å². The van der Waals surface area contributed by atoms with Gasteiger partial charge in [-0.1, -0.05) is 48.5 Å². The monoisotopic (exact) mass is 699 g/mol. The van der Waals surface area contributed by atoms with Crippen molar-refractivity contribution in [3.05, 3.63) is 59.7 Å². The number of fused-ring (bicyclic) bond motifs is 3. The van der Waals surface area contributed by atoms with Crippen molar-refractivity contribution in [3.63, 3.8) is 0 Å². The molecule has 2 aromatic rings. The van der Waals surface area contributed by atoms with Crippen LogP contribution in [0.25, 0.3) is 11.1 Å². The number of hydrogen-bond donors (Lipinski definition) is 5. The standard InChI is InChI=1S/C35H49N5O10/c1-35(2,3)50-33(44)29(40-34(45)48-21-28-26-11-7-5-9-24(26)25-10-6-8-12-27(25)28)13-14-30(41)39-17-18-46-19-20-47-22-31(42)37-15-16-38-32(43)23-49-36-4/h5-12,28-29,36H,13-23H2,1-4H3,(H,37,42)(H,38,43)(H,39,41)(H,40,45). The maximum Gasteiger partial charge on any atom is 0.407 e. The minimum Gasteiger partial charge on any atom is -0.458 e. The Hall–Kier alpha value is -4.57. The van der Waals surface area contributed by atoms with Gasteiger partial charge in [0.05, 0.1) is 19.8 Å². The Balaban J connectivity index is 1.32. The van der Waals surface area contributed by atoms with Gasteiger partial charge in [-0.25, -0.2) is 15.1 Å². The highest BCUT2D eigenvalue weighted by atomic mass is 16.6. The quantitative estimate of drug-likeness (QED) is 0.0722. The number of rotatable bonds is 21. The first kappa shape index (κ1) is 39.9. The molecule has 50 heavy (non-hydrogen) atoms. The predicted molar refractivity (Wildman–Crippen MR) is 183 cm³/mol. The van der Waals surface area contributed by atoms with E-state index in [1.807, 2.05) is 48.5 Å². The fourth-order valence-corrected chi connectivity index (χ4v) is 5.06. The van der Waals surface area contributed by atoms with E-state index in [0.717, 1.165) is 22.3 Å². The van der Waals surface area contributed by atoms with Crippen LogP contribution in [0.1, 0.15) is 50.7 Å². The lowest BCUT2D eigenvalue weighted by Gasteiger charge is -2.24. The van der Waals surface area contributed by atoms with Gasteiger partial charge in [-0.2, -0.15) is 0 Å². The van der Waals surface area contributed by atoms with Crippen LogP contribution < -0.4 is 26.7 Å². The van der Waals surface area contributed by atoms with E-state index in [2.05, 4.69) is 26.7 Å². The Morgan fingerprint density at radius 3 is 1.94 bits per heavy atom. The molecule has 0 bridgehead atoms. The number of ether oxygens (including phenoxy) is 4. The predicted octanol–water partition coefficient (Wildman–Crippen LogP) is 1.55. The summed E-state index contributed by atoms with van der Waals surface area (Å²) in [5, 5.41) is 10.5. The Labute approximate surface area is 292 Å². The average molecular weight is 700 g/mol. The number of alkyl carbamates (subject to hydrolysis) is 1. The summed E-state index contributed by atoms with van der Waals surface area (Å²) in [7, 11) is 1.54. The second kappa shape index (κ2) is 20.8. The van der Waals surface area contributed by atoms with E-state index in [1.54, 1.807) is 27.8 Å². The van der Waals surface area contributed by atoms with Crippen LogP contribution in [0.5, 0.6) is 0 Å². The summed E-state index contributed by atoms with van der Waals surface area (Å²) in [6, 6.07) is 14.9. The van der Waals surface area contributed by atoms with Gasteiger partial charge in [0.2, 0.25) is 17.7 Å². The number of nitrogens with one attached hydrogen (secondary N) is 5. The maximum absolute atomic E-state index is 12.9. The average Bonchev–Trinajstić information content (AvgIpc) is 3.40. The molecule has 3 rings (SSSR count). The third-order valence-electron chi connectivity index (χ3n) is 7.28. The first-order valence-corrected chi connectivity index (χ1v) is 16.6. The van der Waals surface area contributed by atoms with Crippen LogP contribution in [0.3, 0.4) is 0 Å². The van der Waals surface area contributed by atoms with Gasteiger partial charge < -0.3 is 40.2 Å². The Morgan fingerprint density at radius 1 is 0.740 bits per heavy atom. The van der Waals surface area contributed by atoms with E-state index in [0.29, 0.717) is 0 Å². The Bertz CT molecular complexity index is 1390. The lowest BCUT2D eigenvalue weighted by molar-refractivity contribution is -0.157. The summed E-state index contributed by atoms with van der Waals surface area (Å²) < 4.78 is 21.8.